The zero-order valence-corrected chi connectivity index (χ0v) is 11.1. The molecule has 1 aromatic rings. The van der Waals surface area contributed by atoms with Gasteiger partial charge in [-0.05, 0) is 31.0 Å². The Balaban J connectivity index is 2.59. The Hall–Kier alpha value is -1.07. The van der Waals surface area contributed by atoms with Gasteiger partial charge < -0.3 is 4.74 Å². The van der Waals surface area contributed by atoms with Crippen LogP contribution in [0.2, 0.25) is 0 Å². The summed E-state index contributed by atoms with van der Waals surface area (Å²) in [4.78, 5) is 0. The average Bonchev–Trinajstić information content (AvgIpc) is 2.18. The first-order valence-electron chi connectivity index (χ1n) is 5.44. The Labute approximate surface area is 102 Å². The molecule has 1 atom stereocenters. The molecule has 5 heteroatoms. The topological polar surface area (TPSA) is 63.6 Å². The van der Waals surface area contributed by atoms with Crippen LogP contribution in [0.4, 0.5) is 0 Å². The summed E-state index contributed by atoms with van der Waals surface area (Å²) in [5.74, 6) is 0.231. The fourth-order valence-corrected chi connectivity index (χ4v) is 2.34. The van der Waals surface area contributed by atoms with E-state index in [0.717, 1.165) is 16.9 Å². The summed E-state index contributed by atoms with van der Waals surface area (Å²) in [5.41, 5.74) is 2.18. The number of aryl methyl sites for hydroxylation is 1. The molecule has 0 bridgehead atoms. The predicted octanol–water partition coefficient (Wildman–Crippen LogP) is 2.21. The lowest BCUT2D eigenvalue weighted by molar-refractivity contribution is 0.268. The summed E-state index contributed by atoms with van der Waals surface area (Å²) in [5, 5.41) is 0. The van der Waals surface area contributed by atoms with Gasteiger partial charge >= 0.3 is 0 Å². The van der Waals surface area contributed by atoms with Crippen molar-refractivity contribution in [3.8, 4) is 5.75 Å². The molecule has 0 aromatic heterocycles. The van der Waals surface area contributed by atoms with Crippen LogP contribution in [0.3, 0.4) is 0 Å². The van der Waals surface area contributed by atoms with E-state index < -0.39 is 10.1 Å². The maximum absolute atomic E-state index is 10.7. The fourth-order valence-electron chi connectivity index (χ4n) is 1.52. The van der Waals surface area contributed by atoms with Crippen LogP contribution in [0.5, 0.6) is 5.75 Å². The van der Waals surface area contributed by atoms with Crippen LogP contribution < -0.4 is 4.74 Å². The highest BCUT2D eigenvalue weighted by Gasteiger charge is 2.13. The molecule has 96 valence electrons. The highest BCUT2D eigenvalue weighted by atomic mass is 32.2. The maximum Gasteiger partial charge on any atom is 0.265 e. The molecule has 0 fully saturated rings. The van der Waals surface area contributed by atoms with E-state index in [1.165, 1.54) is 0 Å². The number of hydrogen-bond acceptors (Lipinski definition) is 3. The predicted molar refractivity (Wildman–Crippen MR) is 67.0 cm³/mol. The minimum atomic E-state index is -3.93. The maximum atomic E-state index is 10.7. The summed E-state index contributed by atoms with van der Waals surface area (Å²) < 4.78 is 35.6. The van der Waals surface area contributed by atoms with Gasteiger partial charge in [0.05, 0.1) is 12.4 Å². The van der Waals surface area contributed by atoms with Crippen LogP contribution in [0.15, 0.2) is 18.2 Å². The first-order valence-corrected chi connectivity index (χ1v) is 7.04. The molecule has 0 heterocycles. The van der Waals surface area contributed by atoms with Crippen molar-refractivity contribution in [1.82, 2.24) is 0 Å². The van der Waals surface area contributed by atoms with Gasteiger partial charge in [-0.2, -0.15) is 8.42 Å². The second-order valence-corrected chi connectivity index (χ2v) is 5.86. The lowest BCUT2D eigenvalue weighted by atomic mass is 10.1. The molecule has 0 aliphatic carbocycles. The van der Waals surface area contributed by atoms with Gasteiger partial charge in [0.1, 0.15) is 5.75 Å². The number of benzene rings is 1. The van der Waals surface area contributed by atoms with Crippen LogP contribution >= 0.6 is 0 Å². The van der Waals surface area contributed by atoms with E-state index in [4.69, 9.17) is 9.29 Å². The Morgan fingerprint density at radius 1 is 1.35 bits per heavy atom. The second-order valence-electron chi connectivity index (χ2n) is 4.36. The van der Waals surface area contributed by atoms with Gasteiger partial charge in [0.25, 0.3) is 10.1 Å². The Kier molecular flexibility index (Phi) is 4.54. The van der Waals surface area contributed by atoms with Crippen molar-refractivity contribution < 1.29 is 17.7 Å². The summed E-state index contributed by atoms with van der Waals surface area (Å²) in [6, 6.07) is 5.73. The van der Waals surface area contributed by atoms with Crippen molar-refractivity contribution in [2.45, 2.75) is 20.8 Å². The molecule has 0 radical (unpaired) electrons. The lowest BCUT2D eigenvalue weighted by Crippen LogP contribution is -2.19. The molecule has 0 saturated heterocycles. The minimum Gasteiger partial charge on any atom is -0.493 e. The van der Waals surface area contributed by atoms with Crippen LogP contribution in [-0.4, -0.2) is 25.3 Å². The Bertz CT molecular complexity index is 479. The van der Waals surface area contributed by atoms with Crippen LogP contribution in [0.1, 0.15) is 18.1 Å². The number of rotatable bonds is 5. The third kappa shape index (κ3) is 4.75. The molecule has 0 amide bonds. The van der Waals surface area contributed by atoms with Crippen molar-refractivity contribution in [2.24, 2.45) is 5.92 Å². The minimum absolute atomic E-state index is 0.245. The number of hydrogen-bond donors (Lipinski definition) is 1. The Morgan fingerprint density at radius 3 is 2.59 bits per heavy atom. The van der Waals surface area contributed by atoms with Crippen molar-refractivity contribution in [1.29, 1.82) is 0 Å². The summed E-state index contributed by atoms with van der Waals surface area (Å²) in [7, 11) is -3.93. The molecule has 17 heavy (non-hydrogen) atoms. The number of ether oxygens (including phenoxy) is 1. The van der Waals surface area contributed by atoms with Crippen LogP contribution in [0.25, 0.3) is 0 Å². The van der Waals surface area contributed by atoms with Crippen molar-refractivity contribution in [3.05, 3.63) is 29.3 Å². The molecule has 1 rings (SSSR count). The molecule has 1 unspecified atom stereocenters. The van der Waals surface area contributed by atoms with Gasteiger partial charge in [-0.15, -0.1) is 0 Å². The summed E-state index contributed by atoms with van der Waals surface area (Å²) in [6.45, 7) is 5.94. The quantitative estimate of drug-likeness (QED) is 0.822. The van der Waals surface area contributed by atoms with E-state index in [-0.39, 0.29) is 18.3 Å². The van der Waals surface area contributed by atoms with Gasteiger partial charge in [0, 0.05) is 5.92 Å². The highest BCUT2D eigenvalue weighted by Crippen LogP contribution is 2.21. The smallest absolute Gasteiger partial charge is 0.265 e. The molecular formula is C12H18O4S. The first kappa shape index (κ1) is 14.0. The van der Waals surface area contributed by atoms with E-state index in [2.05, 4.69) is 0 Å². The van der Waals surface area contributed by atoms with Gasteiger partial charge in [0.2, 0.25) is 0 Å². The normalized spacial score (nSPS) is 13.4. The fraction of sp³-hybridized carbons (Fsp3) is 0.500. The van der Waals surface area contributed by atoms with Gasteiger partial charge in [-0.3, -0.25) is 4.55 Å². The second kappa shape index (κ2) is 5.51. The zero-order chi connectivity index (χ0) is 13.1. The third-order valence-corrected chi connectivity index (χ3v) is 3.56. The Morgan fingerprint density at radius 2 is 2.00 bits per heavy atom. The van der Waals surface area contributed by atoms with Crippen molar-refractivity contribution >= 4 is 10.1 Å². The van der Waals surface area contributed by atoms with Crippen molar-refractivity contribution in [3.63, 3.8) is 0 Å². The van der Waals surface area contributed by atoms with Crippen LogP contribution in [-0.2, 0) is 10.1 Å². The van der Waals surface area contributed by atoms with E-state index in [1.54, 1.807) is 6.92 Å². The first-order chi connectivity index (χ1) is 7.79. The highest BCUT2D eigenvalue weighted by molar-refractivity contribution is 7.85. The third-order valence-electron chi connectivity index (χ3n) is 2.57. The van der Waals surface area contributed by atoms with E-state index >= 15 is 0 Å². The van der Waals surface area contributed by atoms with E-state index in [9.17, 15) is 8.42 Å². The van der Waals surface area contributed by atoms with Crippen LogP contribution in [0, 0.1) is 19.8 Å². The standard InChI is InChI=1S/C12H18O4S/c1-9(8-17(13,14)15)7-16-12-6-4-5-10(2)11(12)3/h4-6,9H,7-8H2,1-3H3,(H,13,14,15). The molecule has 0 spiro atoms. The lowest BCUT2D eigenvalue weighted by Gasteiger charge is -2.14. The monoisotopic (exact) mass is 258 g/mol. The largest absolute Gasteiger partial charge is 0.493 e. The summed E-state index contributed by atoms with van der Waals surface area (Å²) >= 11 is 0. The zero-order valence-electron chi connectivity index (χ0n) is 10.3. The molecule has 0 aliphatic heterocycles. The molecule has 1 N–H and O–H groups in total. The SMILES string of the molecule is Cc1cccc(OCC(C)CS(=O)(=O)O)c1C. The molecular weight excluding hydrogens is 240 g/mol. The summed E-state index contributed by atoms with van der Waals surface area (Å²) in [6.07, 6.45) is 0. The van der Waals surface area contributed by atoms with Gasteiger partial charge in [0.15, 0.2) is 0 Å². The molecule has 0 aliphatic rings. The molecule has 0 saturated carbocycles. The van der Waals surface area contributed by atoms with Crippen molar-refractivity contribution in [2.75, 3.05) is 12.4 Å². The van der Waals surface area contributed by atoms with E-state index in [1.807, 2.05) is 32.0 Å². The van der Waals surface area contributed by atoms with E-state index in [0.29, 0.717) is 0 Å². The average molecular weight is 258 g/mol. The molecule has 1 aromatic carbocycles. The van der Waals surface area contributed by atoms with Gasteiger partial charge in [-0.25, -0.2) is 0 Å². The van der Waals surface area contributed by atoms with Gasteiger partial charge in [-0.1, -0.05) is 19.1 Å². The molecule has 4 nitrogen and oxygen atoms in total.